The van der Waals surface area contributed by atoms with E-state index in [0.717, 1.165) is 38.2 Å². The van der Waals surface area contributed by atoms with Gasteiger partial charge in [-0.2, -0.15) is 0 Å². The lowest BCUT2D eigenvalue weighted by molar-refractivity contribution is -0.148. The van der Waals surface area contributed by atoms with Gasteiger partial charge in [0.2, 0.25) is 17.6 Å². The Morgan fingerprint density at radius 3 is 2.43 bits per heavy atom. The first-order valence-electron chi connectivity index (χ1n) is 9.41. The minimum absolute atomic E-state index is 0.125. The van der Waals surface area contributed by atoms with Gasteiger partial charge in [-0.3, -0.25) is 9.59 Å². The molecule has 10 heteroatoms. The van der Waals surface area contributed by atoms with E-state index in [0.29, 0.717) is 0 Å². The second-order valence-corrected chi connectivity index (χ2v) is 7.27. The molecule has 1 aliphatic heterocycles. The highest BCUT2D eigenvalue weighted by Crippen LogP contribution is 2.24. The van der Waals surface area contributed by atoms with E-state index in [4.69, 9.17) is 9.84 Å². The number of carboxylic acids is 1. The Morgan fingerprint density at radius 1 is 1.21 bits per heavy atom. The monoisotopic (exact) mass is 400 g/mol. The van der Waals surface area contributed by atoms with Crippen LogP contribution in [0.2, 0.25) is 0 Å². The molecule has 28 heavy (non-hydrogen) atoms. The van der Waals surface area contributed by atoms with Crippen molar-refractivity contribution in [2.75, 3.05) is 6.54 Å². The average molecular weight is 400 g/mol. The Kier molecular flexibility index (Phi) is 7.78. The fourth-order valence-corrected chi connectivity index (χ4v) is 3.57. The first kappa shape index (κ1) is 22.1. The molecular weight excluding hydrogens is 372 g/mol. The van der Waals surface area contributed by atoms with E-state index < -0.39 is 48.1 Å². The molecule has 1 aliphatic carbocycles. The molecule has 5 atom stereocenters. The lowest BCUT2D eigenvalue weighted by Crippen LogP contribution is -2.60. The molecule has 1 fully saturated rings. The zero-order valence-electron chi connectivity index (χ0n) is 15.7. The molecule has 10 nitrogen and oxygen atoms in total. The maximum Gasteiger partial charge on any atom is 0.370 e. The lowest BCUT2D eigenvalue weighted by Gasteiger charge is -2.38. The fraction of sp³-hybridized carbons (Fsp3) is 0.722. The molecule has 2 aliphatic rings. The number of nitrogens with one attached hydrogen (secondary N) is 2. The second kappa shape index (κ2) is 9.85. The molecule has 1 heterocycles. The maximum atomic E-state index is 12.2. The van der Waals surface area contributed by atoms with E-state index >= 15 is 0 Å². The zero-order chi connectivity index (χ0) is 20.8. The number of carboxylic acid groups (broad SMARTS) is 1. The van der Waals surface area contributed by atoms with Crippen molar-refractivity contribution in [3.63, 3.8) is 0 Å². The van der Waals surface area contributed by atoms with Gasteiger partial charge in [-0.05, 0) is 18.9 Å². The third-order valence-electron chi connectivity index (χ3n) is 5.08. The number of carbonyl (C=O) groups is 3. The molecule has 6 N–H and O–H groups in total. The Morgan fingerprint density at radius 2 is 1.86 bits per heavy atom. The molecule has 2 unspecified atom stereocenters. The number of carbonyl (C=O) groups excluding carboxylic acids is 2. The van der Waals surface area contributed by atoms with Crippen molar-refractivity contribution in [1.29, 1.82) is 0 Å². The molecule has 0 radical (unpaired) electrons. The van der Waals surface area contributed by atoms with Gasteiger partial charge in [0.15, 0.2) is 6.10 Å². The molecular formula is C18H28N2O8. The maximum absolute atomic E-state index is 12.2. The Balaban J connectivity index is 2.02. The molecule has 1 saturated carbocycles. The van der Waals surface area contributed by atoms with Crippen LogP contribution in [0, 0.1) is 5.92 Å². The van der Waals surface area contributed by atoms with Crippen molar-refractivity contribution in [2.45, 2.75) is 69.5 Å². The molecule has 0 aromatic rings. The number of aliphatic carboxylic acids is 1. The van der Waals surface area contributed by atoms with Crippen LogP contribution in [0.25, 0.3) is 0 Å². The van der Waals surface area contributed by atoms with Crippen LogP contribution in [0.3, 0.4) is 0 Å². The summed E-state index contributed by atoms with van der Waals surface area (Å²) in [6, 6.07) is -1.17. The van der Waals surface area contributed by atoms with E-state index in [1.165, 1.54) is 6.92 Å². The zero-order valence-corrected chi connectivity index (χ0v) is 15.7. The predicted molar refractivity (Wildman–Crippen MR) is 95.8 cm³/mol. The third-order valence-corrected chi connectivity index (χ3v) is 5.08. The van der Waals surface area contributed by atoms with Gasteiger partial charge < -0.3 is 35.8 Å². The minimum Gasteiger partial charge on any atom is -0.478 e. The normalized spacial score (nSPS) is 27.7. The van der Waals surface area contributed by atoms with Crippen LogP contribution in [0.5, 0.6) is 0 Å². The largest absolute Gasteiger partial charge is 0.478 e. The summed E-state index contributed by atoms with van der Waals surface area (Å²) in [4.78, 5) is 34.7. The van der Waals surface area contributed by atoms with Gasteiger partial charge in [0, 0.05) is 19.4 Å². The minimum atomic E-state index is -1.67. The summed E-state index contributed by atoms with van der Waals surface area (Å²) < 4.78 is 5.20. The number of hydrogen-bond donors (Lipinski definition) is 6. The predicted octanol–water partition coefficient (Wildman–Crippen LogP) is -1.36. The molecule has 2 rings (SSSR count). The first-order valence-corrected chi connectivity index (χ1v) is 9.41. The lowest BCUT2D eigenvalue weighted by atomic mass is 9.88. The fourth-order valence-electron chi connectivity index (χ4n) is 3.57. The van der Waals surface area contributed by atoms with Crippen molar-refractivity contribution < 1.29 is 39.5 Å². The van der Waals surface area contributed by atoms with E-state index in [1.54, 1.807) is 0 Å². The molecule has 0 saturated heterocycles. The molecule has 0 bridgehead atoms. The number of rotatable bonds is 7. The average Bonchev–Trinajstić information content (AvgIpc) is 2.66. The van der Waals surface area contributed by atoms with Gasteiger partial charge in [0.05, 0.1) is 6.04 Å². The van der Waals surface area contributed by atoms with Crippen molar-refractivity contribution in [3.8, 4) is 0 Å². The molecule has 158 valence electrons. The van der Waals surface area contributed by atoms with E-state index in [2.05, 4.69) is 10.6 Å². The molecule has 2 amide bonds. The molecule has 0 aromatic carbocycles. The summed E-state index contributed by atoms with van der Waals surface area (Å²) in [6.07, 6.45) is -0.516. The Bertz CT molecular complexity index is 617. The van der Waals surface area contributed by atoms with Crippen LogP contribution in [0.15, 0.2) is 11.8 Å². The van der Waals surface area contributed by atoms with Crippen molar-refractivity contribution in [2.24, 2.45) is 5.92 Å². The van der Waals surface area contributed by atoms with Crippen molar-refractivity contribution >= 4 is 17.8 Å². The van der Waals surface area contributed by atoms with Gasteiger partial charge in [-0.25, -0.2) is 4.79 Å². The van der Waals surface area contributed by atoms with Crippen LogP contribution >= 0.6 is 0 Å². The SMILES string of the molecule is CC(=O)NC1C([C@@H](O)[C@@H](O)CNC(=O)C2CCCCC2)OC(C(=O)O)=C[C@H]1O. The highest BCUT2D eigenvalue weighted by molar-refractivity contribution is 5.84. The highest BCUT2D eigenvalue weighted by atomic mass is 16.5. The van der Waals surface area contributed by atoms with Gasteiger partial charge in [0.25, 0.3) is 0 Å². The van der Waals surface area contributed by atoms with Crippen molar-refractivity contribution in [1.82, 2.24) is 10.6 Å². The van der Waals surface area contributed by atoms with Gasteiger partial charge in [0.1, 0.15) is 18.3 Å². The quantitative estimate of drug-likeness (QED) is 0.305. The summed E-state index contributed by atoms with van der Waals surface area (Å²) in [7, 11) is 0. The standard InChI is InChI=1S/C18H28N2O8/c1-9(21)20-14-11(22)7-13(18(26)27)28-16(14)15(24)12(23)8-19-17(25)10-5-3-2-4-6-10/h7,10-12,14-16,22-24H,2-6,8H2,1H3,(H,19,25)(H,20,21)(H,26,27)/t11-,12+,14?,15+,16?/m1/s1. The Labute approximate surface area is 162 Å². The summed E-state index contributed by atoms with van der Waals surface area (Å²) >= 11 is 0. The number of amides is 2. The Hall–Kier alpha value is -2.17. The van der Waals surface area contributed by atoms with Crippen LogP contribution in [-0.4, -0.2) is 75.2 Å². The van der Waals surface area contributed by atoms with Crippen LogP contribution in [0.4, 0.5) is 0 Å². The highest BCUT2D eigenvalue weighted by Gasteiger charge is 2.43. The molecule has 0 spiro atoms. The second-order valence-electron chi connectivity index (χ2n) is 7.27. The topological polar surface area (TPSA) is 165 Å². The number of aliphatic hydroxyl groups excluding tert-OH is 3. The summed E-state index contributed by atoms with van der Waals surface area (Å²) in [5.41, 5.74) is 0. The van der Waals surface area contributed by atoms with Gasteiger partial charge >= 0.3 is 5.97 Å². The van der Waals surface area contributed by atoms with E-state index in [-0.39, 0.29) is 18.4 Å². The number of ether oxygens (including phenoxy) is 1. The first-order chi connectivity index (χ1) is 13.2. The summed E-state index contributed by atoms with van der Waals surface area (Å²) in [5.74, 6) is -2.93. The van der Waals surface area contributed by atoms with E-state index in [1.807, 2.05) is 0 Å². The summed E-state index contributed by atoms with van der Waals surface area (Å²) in [5, 5.41) is 44.9. The van der Waals surface area contributed by atoms with Crippen LogP contribution < -0.4 is 10.6 Å². The van der Waals surface area contributed by atoms with Crippen LogP contribution in [0.1, 0.15) is 39.0 Å². The van der Waals surface area contributed by atoms with Gasteiger partial charge in [-0.15, -0.1) is 0 Å². The number of hydrogen-bond acceptors (Lipinski definition) is 7. The van der Waals surface area contributed by atoms with E-state index in [9.17, 15) is 29.7 Å². The van der Waals surface area contributed by atoms with Crippen molar-refractivity contribution in [3.05, 3.63) is 11.8 Å². The smallest absolute Gasteiger partial charge is 0.370 e. The number of aliphatic hydroxyl groups is 3. The third kappa shape index (κ3) is 5.66. The van der Waals surface area contributed by atoms with Gasteiger partial charge in [-0.1, -0.05) is 19.3 Å². The molecule has 0 aromatic heterocycles. The van der Waals surface area contributed by atoms with Crippen LogP contribution in [-0.2, 0) is 19.1 Å². The summed E-state index contributed by atoms with van der Waals surface area (Å²) in [6.45, 7) is 0.915.